The summed E-state index contributed by atoms with van der Waals surface area (Å²) in [6.45, 7) is 0. The van der Waals surface area contributed by atoms with Crippen LogP contribution in [0.2, 0.25) is 0 Å². The van der Waals surface area contributed by atoms with Gasteiger partial charge in [-0.2, -0.15) is 0 Å². The molecule has 0 radical (unpaired) electrons. The summed E-state index contributed by atoms with van der Waals surface area (Å²) in [6, 6.07) is 16.0. The van der Waals surface area contributed by atoms with E-state index in [1.165, 1.54) is 0 Å². The maximum Gasteiger partial charge on any atom is 0.106 e. The fourth-order valence-corrected chi connectivity index (χ4v) is 2.19. The minimum absolute atomic E-state index is 0.894. The Kier molecular flexibility index (Phi) is 1.53. The van der Waals surface area contributed by atoms with Crippen LogP contribution in [0.15, 0.2) is 48.5 Å². The van der Waals surface area contributed by atoms with Crippen molar-refractivity contribution >= 4 is 27.3 Å². The van der Waals surface area contributed by atoms with Gasteiger partial charge in [-0.1, -0.05) is 36.4 Å². The molecule has 0 N–H and O–H groups in total. The van der Waals surface area contributed by atoms with E-state index in [1.807, 2.05) is 42.5 Å². The van der Waals surface area contributed by atoms with Gasteiger partial charge in [-0.05, 0) is 17.3 Å². The SMILES string of the molecule is c1ccc2c(c1)nnn1nc3ccccc3c21. The number of nitrogens with zero attached hydrogens (tertiary/aromatic N) is 4. The summed E-state index contributed by atoms with van der Waals surface area (Å²) in [4.78, 5) is 0. The molecular formula is C13H8N4. The third-order valence-corrected chi connectivity index (χ3v) is 2.96. The predicted octanol–water partition coefficient (Wildman–Crippen LogP) is 2.43. The maximum atomic E-state index is 4.41. The van der Waals surface area contributed by atoms with Crippen LogP contribution in [0.5, 0.6) is 0 Å². The molecule has 2 aromatic carbocycles. The zero-order chi connectivity index (χ0) is 11.2. The summed E-state index contributed by atoms with van der Waals surface area (Å²) in [5, 5.41) is 14.9. The lowest BCUT2D eigenvalue weighted by Crippen LogP contribution is -1.97. The molecule has 2 aromatic heterocycles. The Hall–Kier alpha value is -2.49. The largest absolute Gasteiger partial charge is 0.148 e. The Balaban J connectivity index is 2.38. The van der Waals surface area contributed by atoms with E-state index in [1.54, 1.807) is 4.63 Å². The van der Waals surface area contributed by atoms with Crippen molar-refractivity contribution in [3.8, 4) is 0 Å². The van der Waals surface area contributed by atoms with E-state index in [0.717, 1.165) is 27.3 Å². The molecule has 2 heterocycles. The van der Waals surface area contributed by atoms with Crippen LogP contribution in [0.1, 0.15) is 0 Å². The van der Waals surface area contributed by atoms with Gasteiger partial charge in [-0.3, -0.25) is 0 Å². The first-order valence-corrected chi connectivity index (χ1v) is 5.43. The van der Waals surface area contributed by atoms with Crippen molar-refractivity contribution < 1.29 is 0 Å². The number of rotatable bonds is 0. The van der Waals surface area contributed by atoms with Gasteiger partial charge in [0.25, 0.3) is 0 Å². The first kappa shape index (κ1) is 8.64. The lowest BCUT2D eigenvalue weighted by atomic mass is 10.1. The molecule has 4 rings (SSSR count). The van der Waals surface area contributed by atoms with Crippen LogP contribution in [0.3, 0.4) is 0 Å². The number of aromatic nitrogens is 4. The van der Waals surface area contributed by atoms with Crippen LogP contribution in [0.4, 0.5) is 0 Å². The molecule has 0 saturated heterocycles. The van der Waals surface area contributed by atoms with Crippen molar-refractivity contribution in [2.75, 3.05) is 0 Å². The van der Waals surface area contributed by atoms with Crippen LogP contribution in [-0.4, -0.2) is 20.0 Å². The summed E-state index contributed by atoms with van der Waals surface area (Å²) < 4.78 is 1.60. The summed E-state index contributed by atoms with van der Waals surface area (Å²) in [5.41, 5.74) is 2.86. The minimum atomic E-state index is 0.894. The Morgan fingerprint density at radius 3 is 2.24 bits per heavy atom. The highest BCUT2D eigenvalue weighted by Crippen LogP contribution is 2.24. The van der Waals surface area contributed by atoms with Gasteiger partial charge >= 0.3 is 0 Å². The fraction of sp³-hybridized carbons (Fsp3) is 0. The second kappa shape index (κ2) is 3.01. The van der Waals surface area contributed by atoms with E-state index in [4.69, 9.17) is 0 Å². The average Bonchev–Trinajstić information content (AvgIpc) is 2.77. The summed E-state index contributed by atoms with van der Waals surface area (Å²) in [7, 11) is 0. The Labute approximate surface area is 96.5 Å². The molecule has 0 aliphatic heterocycles. The highest BCUT2D eigenvalue weighted by Gasteiger charge is 2.09. The van der Waals surface area contributed by atoms with Gasteiger partial charge in [0.1, 0.15) is 5.52 Å². The van der Waals surface area contributed by atoms with Gasteiger partial charge in [0.15, 0.2) is 0 Å². The van der Waals surface area contributed by atoms with Gasteiger partial charge in [-0.15, -0.1) is 14.8 Å². The molecule has 80 valence electrons. The topological polar surface area (TPSA) is 43.1 Å². The minimum Gasteiger partial charge on any atom is -0.148 e. The molecule has 4 heteroatoms. The first-order valence-electron chi connectivity index (χ1n) is 5.43. The molecule has 0 bridgehead atoms. The van der Waals surface area contributed by atoms with Gasteiger partial charge in [0, 0.05) is 10.8 Å². The van der Waals surface area contributed by atoms with Crippen molar-refractivity contribution in [1.29, 1.82) is 0 Å². The number of benzene rings is 2. The first-order chi connectivity index (χ1) is 8.43. The lowest BCUT2D eigenvalue weighted by molar-refractivity contribution is 0.741. The summed E-state index contributed by atoms with van der Waals surface area (Å²) in [5.74, 6) is 0. The molecule has 0 saturated carbocycles. The molecule has 17 heavy (non-hydrogen) atoms. The Morgan fingerprint density at radius 2 is 1.41 bits per heavy atom. The smallest absolute Gasteiger partial charge is 0.106 e. The fourth-order valence-electron chi connectivity index (χ4n) is 2.19. The van der Waals surface area contributed by atoms with E-state index in [2.05, 4.69) is 21.5 Å². The molecule has 0 fully saturated rings. The third-order valence-electron chi connectivity index (χ3n) is 2.96. The van der Waals surface area contributed by atoms with E-state index >= 15 is 0 Å². The van der Waals surface area contributed by atoms with Crippen molar-refractivity contribution in [3.05, 3.63) is 48.5 Å². The molecule has 0 spiro atoms. The molecule has 0 aliphatic rings. The van der Waals surface area contributed by atoms with E-state index in [-0.39, 0.29) is 0 Å². The van der Waals surface area contributed by atoms with E-state index in [9.17, 15) is 0 Å². The monoisotopic (exact) mass is 220 g/mol. The Bertz CT molecular complexity index is 842. The van der Waals surface area contributed by atoms with Crippen molar-refractivity contribution in [2.45, 2.75) is 0 Å². The van der Waals surface area contributed by atoms with Crippen LogP contribution in [0.25, 0.3) is 27.3 Å². The van der Waals surface area contributed by atoms with Crippen LogP contribution < -0.4 is 0 Å². The zero-order valence-corrected chi connectivity index (χ0v) is 8.91. The maximum absolute atomic E-state index is 4.41. The summed E-state index contributed by atoms with van der Waals surface area (Å²) >= 11 is 0. The predicted molar refractivity (Wildman–Crippen MR) is 65.8 cm³/mol. The molecule has 0 amide bonds. The second-order valence-electron chi connectivity index (χ2n) is 3.96. The Morgan fingerprint density at radius 1 is 0.765 bits per heavy atom. The second-order valence-corrected chi connectivity index (χ2v) is 3.96. The van der Waals surface area contributed by atoms with Crippen LogP contribution in [0, 0.1) is 0 Å². The number of hydrogen-bond donors (Lipinski definition) is 0. The van der Waals surface area contributed by atoms with Crippen LogP contribution >= 0.6 is 0 Å². The molecule has 0 unspecified atom stereocenters. The van der Waals surface area contributed by atoms with Gasteiger partial charge < -0.3 is 0 Å². The highest BCUT2D eigenvalue weighted by atomic mass is 15.5. The molecule has 0 aliphatic carbocycles. The molecular weight excluding hydrogens is 212 g/mol. The number of hydrogen-bond acceptors (Lipinski definition) is 3. The zero-order valence-electron chi connectivity index (χ0n) is 8.91. The molecule has 4 nitrogen and oxygen atoms in total. The van der Waals surface area contributed by atoms with E-state index in [0.29, 0.717) is 0 Å². The standard InChI is InChI=1S/C13H8N4/c1-3-7-11-9(5-1)13-10-6-2-4-8-12(10)15-17(13)16-14-11/h1-8H. The van der Waals surface area contributed by atoms with Crippen molar-refractivity contribution in [3.63, 3.8) is 0 Å². The number of fused-ring (bicyclic) bond motifs is 5. The van der Waals surface area contributed by atoms with E-state index < -0.39 is 0 Å². The summed E-state index contributed by atoms with van der Waals surface area (Å²) in [6.07, 6.45) is 0. The normalized spacial score (nSPS) is 11.5. The van der Waals surface area contributed by atoms with Gasteiger partial charge in [-0.25, -0.2) is 0 Å². The van der Waals surface area contributed by atoms with Gasteiger partial charge in [0.05, 0.1) is 11.0 Å². The van der Waals surface area contributed by atoms with Gasteiger partial charge in [0.2, 0.25) is 0 Å². The third kappa shape index (κ3) is 1.09. The quantitative estimate of drug-likeness (QED) is 0.457. The van der Waals surface area contributed by atoms with Crippen LogP contribution in [-0.2, 0) is 0 Å². The lowest BCUT2D eigenvalue weighted by Gasteiger charge is -1.97. The average molecular weight is 220 g/mol. The van der Waals surface area contributed by atoms with Crippen molar-refractivity contribution in [2.24, 2.45) is 0 Å². The molecule has 4 aromatic rings. The molecule has 0 atom stereocenters. The van der Waals surface area contributed by atoms with Crippen molar-refractivity contribution in [1.82, 2.24) is 20.0 Å². The highest BCUT2D eigenvalue weighted by molar-refractivity contribution is 6.07.